The standard InChI is InChI=1S/C16H17N5O2S2/c22-15(13-9-21(20-19-13)8-12-3-1-5-23-12)17-7-11-10-25-16(18-11)14-4-2-6-24-14/h2,4,6,9-10,12H,1,3,5,7-8H2,(H,17,22)/t12-/m0/s1. The fourth-order valence-electron chi connectivity index (χ4n) is 2.65. The lowest BCUT2D eigenvalue weighted by molar-refractivity contribution is 0.0929. The van der Waals surface area contributed by atoms with Gasteiger partial charge in [0, 0.05) is 12.0 Å². The summed E-state index contributed by atoms with van der Waals surface area (Å²) in [5.41, 5.74) is 1.15. The van der Waals surface area contributed by atoms with Gasteiger partial charge in [0.25, 0.3) is 5.91 Å². The lowest BCUT2D eigenvalue weighted by Gasteiger charge is -2.07. The van der Waals surface area contributed by atoms with Crippen LogP contribution in [0, 0.1) is 0 Å². The van der Waals surface area contributed by atoms with Crippen molar-refractivity contribution in [3.8, 4) is 9.88 Å². The third-order valence-electron chi connectivity index (χ3n) is 3.90. The van der Waals surface area contributed by atoms with Gasteiger partial charge in [-0.2, -0.15) is 0 Å². The summed E-state index contributed by atoms with van der Waals surface area (Å²) < 4.78 is 7.24. The van der Waals surface area contributed by atoms with E-state index in [-0.39, 0.29) is 12.0 Å². The summed E-state index contributed by atoms with van der Waals surface area (Å²) in [5, 5.41) is 15.8. The molecule has 1 amide bonds. The van der Waals surface area contributed by atoms with Gasteiger partial charge >= 0.3 is 0 Å². The van der Waals surface area contributed by atoms with E-state index in [1.807, 2.05) is 22.9 Å². The van der Waals surface area contributed by atoms with Gasteiger partial charge in [-0.3, -0.25) is 4.79 Å². The van der Waals surface area contributed by atoms with Gasteiger partial charge in [-0.15, -0.1) is 27.8 Å². The van der Waals surface area contributed by atoms with E-state index >= 15 is 0 Å². The summed E-state index contributed by atoms with van der Waals surface area (Å²) in [4.78, 5) is 17.9. The largest absolute Gasteiger partial charge is 0.376 e. The summed E-state index contributed by atoms with van der Waals surface area (Å²) in [6.07, 6.45) is 3.93. The number of nitrogens with zero attached hydrogens (tertiary/aromatic N) is 4. The van der Waals surface area contributed by atoms with E-state index in [0.717, 1.165) is 35.0 Å². The van der Waals surface area contributed by atoms with Gasteiger partial charge in [-0.25, -0.2) is 9.67 Å². The highest BCUT2D eigenvalue weighted by Gasteiger charge is 2.18. The molecule has 0 aromatic carbocycles. The molecule has 1 N–H and O–H groups in total. The molecule has 0 radical (unpaired) electrons. The van der Waals surface area contributed by atoms with Gasteiger partial charge in [0.1, 0.15) is 5.01 Å². The molecular weight excluding hydrogens is 358 g/mol. The number of aromatic nitrogens is 4. The van der Waals surface area contributed by atoms with Crippen molar-refractivity contribution in [2.75, 3.05) is 6.61 Å². The Kier molecular flexibility index (Phi) is 4.86. The van der Waals surface area contributed by atoms with Gasteiger partial charge < -0.3 is 10.1 Å². The molecule has 4 rings (SSSR count). The minimum atomic E-state index is -0.246. The minimum Gasteiger partial charge on any atom is -0.376 e. The average molecular weight is 375 g/mol. The summed E-state index contributed by atoms with van der Waals surface area (Å²) in [7, 11) is 0. The maximum absolute atomic E-state index is 12.2. The number of thiazole rings is 1. The smallest absolute Gasteiger partial charge is 0.273 e. The van der Waals surface area contributed by atoms with Crippen molar-refractivity contribution < 1.29 is 9.53 Å². The topological polar surface area (TPSA) is 81.9 Å². The van der Waals surface area contributed by atoms with Gasteiger partial charge in [0.05, 0.1) is 36.0 Å². The summed E-state index contributed by atoms with van der Waals surface area (Å²) >= 11 is 3.23. The second-order valence-corrected chi connectivity index (χ2v) is 7.57. The summed E-state index contributed by atoms with van der Waals surface area (Å²) in [6, 6.07) is 4.04. The lowest BCUT2D eigenvalue weighted by atomic mass is 10.2. The van der Waals surface area contributed by atoms with E-state index in [1.165, 1.54) is 0 Å². The van der Waals surface area contributed by atoms with Crippen LogP contribution in [0.3, 0.4) is 0 Å². The molecule has 0 spiro atoms. The first-order chi connectivity index (χ1) is 12.3. The normalized spacial score (nSPS) is 17.0. The van der Waals surface area contributed by atoms with Crippen LogP contribution >= 0.6 is 22.7 Å². The molecule has 9 heteroatoms. The Bertz CT molecular complexity index is 836. The molecule has 130 valence electrons. The van der Waals surface area contributed by atoms with Gasteiger partial charge in [-0.05, 0) is 24.3 Å². The first-order valence-corrected chi connectivity index (χ1v) is 9.82. The monoisotopic (exact) mass is 375 g/mol. The SMILES string of the molecule is O=C(NCc1csc(-c2cccs2)n1)c1cn(C[C@@H]2CCCO2)nn1. The number of carbonyl (C=O) groups excluding carboxylic acids is 1. The number of thiophene rings is 1. The lowest BCUT2D eigenvalue weighted by Crippen LogP contribution is -2.23. The van der Waals surface area contributed by atoms with Crippen LogP contribution in [-0.4, -0.2) is 38.6 Å². The number of amides is 1. The molecule has 0 saturated carbocycles. The van der Waals surface area contributed by atoms with Crippen molar-refractivity contribution in [3.63, 3.8) is 0 Å². The van der Waals surface area contributed by atoms with E-state index in [1.54, 1.807) is 33.6 Å². The Balaban J connectivity index is 1.32. The maximum atomic E-state index is 12.2. The molecule has 0 bridgehead atoms. The third-order valence-corrected chi connectivity index (χ3v) is 5.83. The molecule has 25 heavy (non-hydrogen) atoms. The Morgan fingerprint density at radius 3 is 3.20 bits per heavy atom. The van der Waals surface area contributed by atoms with Crippen LogP contribution in [0.4, 0.5) is 0 Å². The van der Waals surface area contributed by atoms with Crippen molar-refractivity contribution in [2.45, 2.75) is 32.0 Å². The molecule has 1 saturated heterocycles. The molecule has 3 aromatic heterocycles. The van der Waals surface area contributed by atoms with Crippen molar-refractivity contribution in [3.05, 3.63) is 40.5 Å². The molecule has 1 aliphatic heterocycles. The third kappa shape index (κ3) is 3.94. The number of rotatable bonds is 6. The predicted molar refractivity (Wildman–Crippen MR) is 95.6 cm³/mol. The molecule has 1 fully saturated rings. The zero-order valence-corrected chi connectivity index (χ0v) is 15.1. The second-order valence-electron chi connectivity index (χ2n) is 5.76. The molecule has 0 unspecified atom stereocenters. The average Bonchev–Trinajstić information content (AvgIpc) is 3.39. The number of ether oxygens (including phenoxy) is 1. The molecule has 0 aliphatic carbocycles. The van der Waals surface area contributed by atoms with Gasteiger partial charge in [-0.1, -0.05) is 11.3 Å². The van der Waals surface area contributed by atoms with Crippen LogP contribution in [0.25, 0.3) is 9.88 Å². The number of carbonyl (C=O) groups is 1. The highest BCUT2D eigenvalue weighted by Crippen LogP contribution is 2.27. The van der Waals surface area contributed by atoms with Crippen LogP contribution in [0.15, 0.2) is 29.1 Å². The molecular formula is C16H17N5O2S2. The van der Waals surface area contributed by atoms with Gasteiger partial charge in [0.2, 0.25) is 0 Å². The molecule has 1 aliphatic rings. The molecule has 3 aromatic rings. The van der Waals surface area contributed by atoms with Crippen molar-refractivity contribution in [1.29, 1.82) is 0 Å². The zero-order valence-electron chi connectivity index (χ0n) is 13.4. The van der Waals surface area contributed by atoms with Crippen molar-refractivity contribution >= 4 is 28.6 Å². The fourth-order valence-corrected chi connectivity index (χ4v) is 4.29. The molecule has 4 heterocycles. The predicted octanol–water partition coefficient (Wildman–Crippen LogP) is 2.57. The van der Waals surface area contributed by atoms with Crippen LogP contribution in [-0.2, 0) is 17.8 Å². The second kappa shape index (κ2) is 7.42. The number of nitrogens with one attached hydrogen (secondary N) is 1. The van der Waals surface area contributed by atoms with Crippen LogP contribution in [0.5, 0.6) is 0 Å². The Morgan fingerprint density at radius 2 is 2.40 bits per heavy atom. The van der Waals surface area contributed by atoms with Crippen molar-refractivity contribution in [1.82, 2.24) is 25.3 Å². The number of hydrogen-bond donors (Lipinski definition) is 1. The van der Waals surface area contributed by atoms with E-state index in [0.29, 0.717) is 18.8 Å². The quantitative estimate of drug-likeness (QED) is 0.716. The van der Waals surface area contributed by atoms with E-state index < -0.39 is 0 Å². The Morgan fingerprint density at radius 1 is 1.44 bits per heavy atom. The fraction of sp³-hybridized carbons (Fsp3) is 0.375. The summed E-state index contributed by atoms with van der Waals surface area (Å²) in [6.45, 7) is 1.81. The van der Waals surface area contributed by atoms with Crippen LogP contribution < -0.4 is 5.32 Å². The van der Waals surface area contributed by atoms with Crippen LogP contribution in [0.1, 0.15) is 29.0 Å². The summed E-state index contributed by atoms with van der Waals surface area (Å²) in [5.74, 6) is -0.246. The highest BCUT2D eigenvalue weighted by atomic mass is 32.1. The van der Waals surface area contributed by atoms with Crippen LogP contribution in [0.2, 0.25) is 0 Å². The molecule has 1 atom stereocenters. The Hall–Kier alpha value is -2.10. The highest BCUT2D eigenvalue weighted by molar-refractivity contribution is 7.20. The van der Waals surface area contributed by atoms with Crippen molar-refractivity contribution in [2.24, 2.45) is 0 Å². The molecule has 7 nitrogen and oxygen atoms in total. The van der Waals surface area contributed by atoms with E-state index in [2.05, 4.69) is 20.6 Å². The van der Waals surface area contributed by atoms with E-state index in [4.69, 9.17) is 4.74 Å². The maximum Gasteiger partial charge on any atom is 0.273 e. The number of hydrogen-bond acceptors (Lipinski definition) is 7. The zero-order chi connectivity index (χ0) is 17.1. The van der Waals surface area contributed by atoms with E-state index in [9.17, 15) is 4.79 Å². The Labute approximate surface area is 152 Å². The van der Waals surface area contributed by atoms with Gasteiger partial charge in [0.15, 0.2) is 5.69 Å². The first-order valence-electron chi connectivity index (χ1n) is 8.06. The minimum absolute atomic E-state index is 0.170. The first kappa shape index (κ1) is 16.4.